The third-order valence-corrected chi connectivity index (χ3v) is 1.48. The van der Waals surface area contributed by atoms with Crippen molar-refractivity contribution < 1.29 is 17.4 Å². The second-order valence-electron chi connectivity index (χ2n) is 2.08. The van der Waals surface area contributed by atoms with Gasteiger partial charge < -0.3 is 12.4 Å². The van der Waals surface area contributed by atoms with Crippen molar-refractivity contribution in [3.8, 4) is 0 Å². The molecule has 0 amide bonds. The van der Waals surface area contributed by atoms with Crippen molar-refractivity contribution in [1.82, 2.24) is 9.20 Å². The highest BCUT2D eigenvalue weighted by Crippen LogP contribution is 1.93. The van der Waals surface area contributed by atoms with Crippen LogP contribution in [-0.4, -0.2) is 9.20 Å². The van der Waals surface area contributed by atoms with Crippen LogP contribution in [0, 0.1) is 0 Å². The lowest BCUT2D eigenvalue weighted by atomic mass is 10.7. The number of aryl methyl sites for hydroxylation is 1. The normalized spacial score (nSPS) is 9.70. The summed E-state index contributed by atoms with van der Waals surface area (Å²) in [4.78, 5) is 3.08. The van der Waals surface area contributed by atoms with E-state index in [1.165, 1.54) is 0 Å². The lowest BCUT2D eigenvalue weighted by molar-refractivity contribution is -0.343. The SMILES string of the molecule is Cn1ccc2[nH+]ccn21.[Cl-]. The summed E-state index contributed by atoms with van der Waals surface area (Å²) in [5.74, 6) is 0. The topological polar surface area (TPSA) is 23.5 Å². The molecule has 2 rings (SSSR count). The van der Waals surface area contributed by atoms with E-state index in [1.54, 1.807) is 0 Å². The Kier molecular flexibility index (Phi) is 1.68. The minimum absolute atomic E-state index is 0. The predicted octanol–water partition coefficient (Wildman–Crippen LogP) is -2.90. The first-order valence-corrected chi connectivity index (χ1v) is 2.88. The molecule has 2 heterocycles. The van der Waals surface area contributed by atoms with Crippen LogP contribution in [0.4, 0.5) is 0 Å². The second-order valence-corrected chi connectivity index (χ2v) is 2.08. The zero-order valence-electron chi connectivity index (χ0n) is 5.58. The summed E-state index contributed by atoms with van der Waals surface area (Å²) in [6.07, 6.45) is 5.90. The van der Waals surface area contributed by atoms with E-state index >= 15 is 0 Å². The maximum Gasteiger partial charge on any atom is 0.304 e. The first-order valence-electron chi connectivity index (χ1n) is 2.88. The molecule has 4 heteroatoms. The largest absolute Gasteiger partial charge is 1.00 e. The Morgan fingerprint density at radius 1 is 1.40 bits per heavy atom. The molecule has 3 nitrogen and oxygen atoms in total. The Morgan fingerprint density at radius 3 is 2.90 bits per heavy atom. The molecule has 2 aromatic rings. The number of rotatable bonds is 0. The summed E-state index contributed by atoms with van der Waals surface area (Å²) >= 11 is 0. The number of nitrogens with one attached hydrogen (secondary N) is 1. The number of hydrogen-bond donors (Lipinski definition) is 0. The van der Waals surface area contributed by atoms with Crippen molar-refractivity contribution >= 4 is 5.65 Å². The van der Waals surface area contributed by atoms with E-state index in [0.717, 1.165) is 5.65 Å². The minimum atomic E-state index is 0. The Hall–Kier alpha value is -0.960. The van der Waals surface area contributed by atoms with Gasteiger partial charge in [0.15, 0.2) is 6.20 Å². The third kappa shape index (κ3) is 0.789. The fraction of sp³-hybridized carbons (Fsp3) is 0.167. The third-order valence-electron chi connectivity index (χ3n) is 1.48. The lowest BCUT2D eigenvalue weighted by Gasteiger charge is -1.82. The van der Waals surface area contributed by atoms with Crippen LogP contribution in [0.2, 0.25) is 0 Å². The van der Waals surface area contributed by atoms with Crippen LogP contribution in [0.1, 0.15) is 0 Å². The van der Waals surface area contributed by atoms with E-state index < -0.39 is 0 Å². The Bertz CT molecular complexity index is 322. The van der Waals surface area contributed by atoms with Crippen LogP contribution in [0.15, 0.2) is 24.7 Å². The summed E-state index contributed by atoms with van der Waals surface area (Å²) in [6.45, 7) is 0. The number of fused-ring (bicyclic) bond motifs is 1. The van der Waals surface area contributed by atoms with Crippen LogP contribution < -0.4 is 17.4 Å². The molecule has 0 aliphatic heterocycles. The highest BCUT2D eigenvalue weighted by atomic mass is 35.5. The molecule has 0 atom stereocenters. The molecule has 0 saturated carbocycles. The summed E-state index contributed by atoms with van der Waals surface area (Å²) in [6, 6.07) is 2.03. The van der Waals surface area contributed by atoms with Gasteiger partial charge in [0.1, 0.15) is 6.20 Å². The molecule has 0 spiro atoms. The summed E-state index contributed by atoms with van der Waals surface area (Å²) in [7, 11) is 2.00. The van der Waals surface area contributed by atoms with Crippen LogP contribution in [0.5, 0.6) is 0 Å². The van der Waals surface area contributed by atoms with Gasteiger partial charge in [0.25, 0.3) is 0 Å². The number of nitrogens with zero attached hydrogens (tertiary/aromatic N) is 2. The van der Waals surface area contributed by atoms with Gasteiger partial charge in [-0.3, -0.25) is 0 Å². The van der Waals surface area contributed by atoms with Gasteiger partial charge in [-0.15, -0.1) is 4.52 Å². The van der Waals surface area contributed by atoms with Crippen LogP contribution in [0.3, 0.4) is 0 Å². The van der Waals surface area contributed by atoms with Gasteiger partial charge in [-0.25, -0.2) is 9.67 Å². The zero-order valence-corrected chi connectivity index (χ0v) is 6.34. The number of aromatic amines is 1. The van der Waals surface area contributed by atoms with Crippen LogP contribution in [0.25, 0.3) is 5.65 Å². The minimum Gasteiger partial charge on any atom is -1.00 e. The highest BCUT2D eigenvalue weighted by molar-refractivity contribution is 5.28. The molecule has 0 bridgehead atoms. The maximum absolute atomic E-state index is 3.08. The van der Waals surface area contributed by atoms with Crippen LogP contribution in [-0.2, 0) is 7.05 Å². The van der Waals surface area contributed by atoms with Gasteiger partial charge in [0.2, 0.25) is 0 Å². The summed E-state index contributed by atoms with van der Waals surface area (Å²) in [5, 5.41) is 0. The second kappa shape index (κ2) is 2.34. The van der Waals surface area contributed by atoms with E-state index in [1.807, 2.05) is 40.9 Å². The van der Waals surface area contributed by atoms with E-state index in [4.69, 9.17) is 0 Å². The van der Waals surface area contributed by atoms with E-state index in [2.05, 4.69) is 4.98 Å². The zero-order chi connectivity index (χ0) is 6.27. The van der Waals surface area contributed by atoms with E-state index in [0.29, 0.717) is 0 Å². The summed E-state index contributed by atoms with van der Waals surface area (Å²) < 4.78 is 4.03. The Morgan fingerprint density at radius 2 is 2.20 bits per heavy atom. The monoisotopic (exact) mass is 157 g/mol. The average Bonchev–Trinajstić information content (AvgIpc) is 2.35. The van der Waals surface area contributed by atoms with Crippen molar-refractivity contribution in [3.63, 3.8) is 0 Å². The van der Waals surface area contributed by atoms with Gasteiger partial charge in [-0.05, 0) is 0 Å². The molecule has 0 aliphatic rings. The lowest BCUT2D eigenvalue weighted by Crippen LogP contribution is -3.00. The molecule has 0 aliphatic carbocycles. The van der Waals surface area contributed by atoms with Crippen molar-refractivity contribution in [1.29, 1.82) is 0 Å². The first-order chi connectivity index (χ1) is 4.38. The highest BCUT2D eigenvalue weighted by Gasteiger charge is 2.01. The number of aromatic nitrogens is 3. The quantitative estimate of drug-likeness (QED) is 0.392. The smallest absolute Gasteiger partial charge is 0.304 e. The van der Waals surface area contributed by atoms with Gasteiger partial charge in [0, 0.05) is 19.3 Å². The Balaban J connectivity index is 0.000000500. The predicted molar refractivity (Wildman–Crippen MR) is 32.9 cm³/mol. The number of hydrogen-bond acceptors (Lipinski definition) is 0. The first kappa shape index (κ1) is 7.15. The van der Waals surface area contributed by atoms with E-state index in [9.17, 15) is 0 Å². The molecule has 0 unspecified atom stereocenters. The molecule has 54 valence electrons. The molecule has 0 aromatic carbocycles. The fourth-order valence-electron chi connectivity index (χ4n) is 0.990. The molecule has 2 aromatic heterocycles. The molecule has 0 fully saturated rings. The van der Waals surface area contributed by atoms with Crippen LogP contribution >= 0.6 is 0 Å². The molecular formula is C6H8ClN3. The molecular weight excluding hydrogens is 150 g/mol. The van der Waals surface area contributed by atoms with Crippen molar-refractivity contribution in [2.24, 2.45) is 7.05 Å². The Labute approximate surface area is 64.7 Å². The standard InChI is InChI=1S/C6H7N3.ClH/c1-8-4-2-6-7-3-5-9(6)8;/h2-5H,1H3;1H. The maximum atomic E-state index is 3.08. The van der Waals surface area contributed by atoms with Crippen molar-refractivity contribution in [3.05, 3.63) is 24.7 Å². The van der Waals surface area contributed by atoms with Crippen molar-refractivity contribution in [2.45, 2.75) is 0 Å². The molecule has 0 radical (unpaired) electrons. The van der Waals surface area contributed by atoms with Crippen molar-refractivity contribution in [2.75, 3.05) is 0 Å². The number of halogens is 1. The van der Waals surface area contributed by atoms with Gasteiger partial charge >= 0.3 is 5.65 Å². The molecule has 1 N–H and O–H groups in total. The average molecular weight is 158 g/mol. The van der Waals surface area contributed by atoms with Gasteiger partial charge in [-0.1, -0.05) is 0 Å². The van der Waals surface area contributed by atoms with Gasteiger partial charge in [0.05, 0.1) is 0 Å². The molecule has 10 heavy (non-hydrogen) atoms. The van der Waals surface area contributed by atoms with E-state index in [-0.39, 0.29) is 12.4 Å². The number of H-pyrrole nitrogens is 1. The summed E-state index contributed by atoms with van der Waals surface area (Å²) in [5.41, 5.74) is 1.12. The molecule has 0 saturated heterocycles. The fourth-order valence-corrected chi connectivity index (χ4v) is 0.990. The number of imidazole rings is 1. The van der Waals surface area contributed by atoms with Gasteiger partial charge in [-0.2, -0.15) is 0 Å².